The van der Waals surface area contributed by atoms with Gasteiger partial charge in [0.05, 0.1) is 0 Å². The summed E-state index contributed by atoms with van der Waals surface area (Å²) in [4.78, 5) is 24.0. The van der Waals surface area contributed by atoms with E-state index in [1.54, 1.807) is 41.5 Å². The number of alkyl halides is 1. The number of hydrogen-bond donors (Lipinski definition) is 1. The molecule has 0 aliphatic heterocycles. The predicted molar refractivity (Wildman–Crippen MR) is 91.7 cm³/mol. The van der Waals surface area contributed by atoms with Gasteiger partial charge in [0, 0.05) is 0 Å². The van der Waals surface area contributed by atoms with Crippen molar-refractivity contribution in [2.75, 3.05) is 4.43 Å². The maximum Gasteiger partial charge on any atom is 0.408 e. The summed E-state index contributed by atoms with van der Waals surface area (Å²) in [6.07, 6.45) is 1.81. The molecular weight excluding hydrogens is 385 g/mol. The Balaban J connectivity index is 4.65. The lowest BCUT2D eigenvalue weighted by Gasteiger charge is -2.26. The molecule has 0 heterocycles. The van der Waals surface area contributed by atoms with Gasteiger partial charge in [-0.1, -0.05) is 29.0 Å². The molecule has 0 aromatic carbocycles. The largest absolute Gasteiger partial charge is 0.458 e. The monoisotopic (exact) mass is 413 g/mol. The summed E-state index contributed by atoms with van der Waals surface area (Å²) in [6.45, 7) is 10.8. The van der Waals surface area contributed by atoms with Gasteiger partial charge in [0.2, 0.25) is 0 Å². The van der Waals surface area contributed by atoms with E-state index in [1.807, 2.05) is 0 Å². The second-order valence-corrected chi connectivity index (χ2v) is 8.00. The average Bonchev–Trinajstić information content (AvgIpc) is 2.22. The molecule has 1 N–H and O–H groups in total. The molecule has 0 saturated heterocycles. The second kappa shape index (κ2) is 8.80. The Labute approximate surface area is 141 Å². The van der Waals surface area contributed by atoms with Crippen LogP contribution in [0.15, 0.2) is 0 Å². The van der Waals surface area contributed by atoms with Crippen LogP contribution in [0.3, 0.4) is 0 Å². The quantitative estimate of drug-likeness (QED) is 0.311. The maximum atomic E-state index is 12.2. The summed E-state index contributed by atoms with van der Waals surface area (Å²) in [6, 6.07) is -0.665. The maximum absolute atomic E-state index is 12.2. The van der Waals surface area contributed by atoms with Gasteiger partial charge < -0.3 is 14.8 Å². The fraction of sp³-hybridized carbons (Fsp3) is 0.867. The molecule has 0 aromatic heterocycles. The third-order valence-corrected chi connectivity index (χ3v) is 3.02. The van der Waals surface area contributed by atoms with Crippen LogP contribution in [-0.4, -0.2) is 33.7 Å². The minimum atomic E-state index is -0.665. The van der Waals surface area contributed by atoms with E-state index in [1.165, 1.54) is 0 Å². The van der Waals surface area contributed by atoms with Gasteiger partial charge in [0.25, 0.3) is 0 Å². The van der Waals surface area contributed by atoms with Crippen molar-refractivity contribution in [3.63, 3.8) is 0 Å². The Morgan fingerprint density at radius 2 is 1.52 bits per heavy atom. The van der Waals surface area contributed by atoms with E-state index < -0.39 is 29.3 Å². The van der Waals surface area contributed by atoms with E-state index >= 15 is 0 Å². The molecule has 21 heavy (non-hydrogen) atoms. The first-order chi connectivity index (χ1) is 9.44. The first-order valence-electron chi connectivity index (χ1n) is 7.23. The lowest BCUT2D eigenvalue weighted by atomic mass is 10.1. The Morgan fingerprint density at radius 3 is 1.95 bits per heavy atom. The Morgan fingerprint density at radius 1 is 1.00 bits per heavy atom. The number of halogens is 1. The molecule has 0 bridgehead atoms. The van der Waals surface area contributed by atoms with Gasteiger partial charge in [-0.05, 0) is 58.8 Å². The second-order valence-electron chi connectivity index (χ2n) is 6.92. The Bertz CT molecular complexity index is 345. The average molecular weight is 413 g/mol. The number of unbranched alkanes of at least 4 members (excludes halogenated alkanes) is 1. The van der Waals surface area contributed by atoms with Crippen molar-refractivity contribution in [3.05, 3.63) is 0 Å². The lowest BCUT2D eigenvalue weighted by molar-refractivity contribution is -0.157. The molecule has 0 saturated carbocycles. The fourth-order valence-electron chi connectivity index (χ4n) is 1.51. The van der Waals surface area contributed by atoms with Crippen LogP contribution in [0, 0.1) is 0 Å². The number of carbonyl (C=O) groups excluding carboxylic acids is 2. The molecule has 0 unspecified atom stereocenters. The van der Waals surface area contributed by atoms with Gasteiger partial charge in [-0.3, -0.25) is 0 Å². The molecule has 5 nitrogen and oxygen atoms in total. The molecular formula is C15H28INO4. The van der Waals surface area contributed by atoms with E-state index in [-0.39, 0.29) is 0 Å². The smallest absolute Gasteiger partial charge is 0.408 e. The highest BCUT2D eigenvalue weighted by Crippen LogP contribution is 2.13. The third kappa shape index (κ3) is 11.8. The molecule has 6 heteroatoms. The summed E-state index contributed by atoms with van der Waals surface area (Å²) in [5, 5.41) is 2.62. The molecule has 0 aromatic rings. The van der Waals surface area contributed by atoms with Crippen LogP contribution in [0.25, 0.3) is 0 Å². The molecule has 0 spiro atoms. The van der Waals surface area contributed by atoms with Gasteiger partial charge in [-0.25, -0.2) is 9.59 Å². The van der Waals surface area contributed by atoms with Gasteiger partial charge in [-0.2, -0.15) is 0 Å². The van der Waals surface area contributed by atoms with Gasteiger partial charge >= 0.3 is 12.1 Å². The van der Waals surface area contributed by atoms with Crippen LogP contribution in [0.2, 0.25) is 0 Å². The van der Waals surface area contributed by atoms with E-state index in [2.05, 4.69) is 27.9 Å². The SMILES string of the molecule is CC(C)(C)OC(=O)N[C@@H](CCCCI)C(=O)OC(C)(C)C. The van der Waals surface area contributed by atoms with Gasteiger partial charge in [0.15, 0.2) is 0 Å². The van der Waals surface area contributed by atoms with Crippen molar-refractivity contribution >= 4 is 34.7 Å². The molecule has 0 aliphatic carbocycles. The van der Waals surface area contributed by atoms with Crippen LogP contribution in [0.5, 0.6) is 0 Å². The lowest BCUT2D eigenvalue weighted by Crippen LogP contribution is -2.46. The van der Waals surface area contributed by atoms with E-state index in [0.29, 0.717) is 6.42 Å². The van der Waals surface area contributed by atoms with Gasteiger partial charge in [-0.15, -0.1) is 0 Å². The minimum absolute atomic E-state index is 0.415. The molecule has 0 rings (SSSR count). The molecule has 124 valence electrons. The molecule has 0 radical (unpaired) electrons. The zero-order valence-electron chi connectivity index (χ0n) is 13.9. The number of carbonyl (C=O) groups is 2. The summed E-state index contributed by atoms with van der Waals surface area (Å²) in [5.41, 5.74) is -1.17. The third-order valence-electron chi connectivity index (χ3n) is 2.26. The van der Waals surface area contributed by atoms with Crippen molar-refractivity contribution < 1.29 is 19.1 Å². The number of esters is 1. The topological polar surface area (TPSA) is 64.6 Å². The summed E-state index contributed by atoms with van der Waals surface area (Å²) < 4.78 is 11.6. The first-order valence-corrected chi connectivity index (χ1v) is 8.75. The van der Waals surface area contributed by atoms with E-state index in [0.717, 1.165) is 17.3 Å². The molecule has 0 aliphatic rings. The Kier molecular flexibility index (Phi) is 8.58. The van der Waals surface area contributed by atoms with Gasteiger partial charge in [0.1, 0.15) is 17.2 Å². The van der Waals surface area contributed by atoms with Crippen molar-refractivity contribution in [3.8, 4) is 0 Å². The molecule has 0 fully saturated rings. The van der Waals surface area contributed by atoms with Crippen LogP contribution in [0.1, 0.15) is 60.8 Å². The minimum Gasteiger partial charge on any atom is -0.458 e. The fourth-order valence-corrected chi connectivity index (χ4v) is 2.05. The number of rotatable bonds is 6. The standard InChI is InChI=1S/C15H28INO4/c1-14(2,3)20-12(18)11(9-7-8-10-16)17-13(19)21-15(4,5)6/h11H,7-10H2,1-6H3,(H,17,19)/t11-/m0/s1. The predicted octanol–water partition coefficient (Wildman–Crippen LogP) is 3.83. The summed E-state index contributed by atoms with van der Waals surface area (Å²) in [7, 11) is 0. The number of amides is 1. The number of hydrogen-bond acceptors (Lipinski definition) is 4. The number of alkyl carbamates (subject to hydrolysis) is 1. The van der Waals surface area contributed by atoms with Crippen LogP contribution < -0.4 is 5.32 Å². The summed E-state index contributed by atoms with van der Waals surface area (Å²) >= 11 is 2.29. The van der Waals surface area contributed by atoms with Crippen molar-refractivity contribution in [1.29, 1.82) is 0 Å². The molecule has 1 atom stereocenters. The zero-order valence-corrected chi connectivity index (χ0v) is 16.1. The highest BCUT2D eigenvalue weighted by molar-refractivity contribution is 14.1. The van der Waals surface area contributed by atoms with Crippen LogP contribution >= 0.6 is 22.6 Å². The van der Waals surface area contributed by atoms with E-state index in [9.17, 15) is 9.59 Å². The zero-order chi connectivity index (χ0) is 16.7. The van der Waals surface area contributed by atoms with Crippen LogP contribution in [-0.2, 0) is 14.3 Å². The van der Waals surface area contributed by atoms with Crippen LogP contribution in [0.4, 0.5) is 4.79 Å². The normalized spacial score (nSPS) is 13.5. The Hall–Kier alpha value is -0.530. The highest BCUT2D eigenvalue weighted by atomic mass is 127. The number of nitrogens with one attached hydrogen (secondary N) is 1. The number of ether oxygens (including phenoxy) is 2. The highest BCUT2D eigenvalue weighted by Gasteiger charge is 2.28. The van der Waals surface area contributed by atoms with Crippen molar-refractivity contribution in [2.24, 2.45) is 0 Å². The summed E-state index contributed by atoms with van der Waals surface area (Å²) in [5.74, 6) is -0.415. The molecule has 1 amide bonds. The van der Waals surface area contributed by atoms with Crippen molar-refractivity contribution in [2.45, 2.75) is 78.0 Å². The van der Waals surface area contributed by atoms with Crippen molar-refractivity contribution in [1.82, 2.24) is 5.32 Å². The van der Waals surface area contributed by atoms with E-state index in [4.69, 9.17) is 9.47 Å². The first kappa shape index (κ1) is 20.5.